The van der Waals surface area contributed by atoms with E-state index in [0.29, 0.717) is 10.9 Å². The van der Waals surface area contributed by atoms with E-state index < -0.39 is 35.1 Å². The van der Waals surface area contributed by atoms with Crippen LogP contribution in [0.4, 0.5) is 28.9 Å². The van der Waals surface area contributed by atoms with Crippen molar-refractivity contribution in [2.24, 2.45) is 0 Å². The number of Topliss-reactive ketones (excluding diaryl/α,β-unsaturated/α-hetero) is 1. The number of carbonyl (C=O) groups is 3. The average Bonchev–Trinajstić information content (AvgIpc) is 3.19. The van der Waals surface area contributed by atoms with Gasteiger partial charge in [-0.25, -0.2) is 4.39 Å². The van der Waals surface area contributed by atoms with Gasteiger partial charge in [-0.3, -0.25) is 14.4 Å². The fourth-order valence-corrected chi connectivity index (χ4v) is 3.75. The van der Waals surface area contributed by atoms with Gasteiger partial charge in [-0.15, -0.1) is 11.3 Å². The third kappa shape index (κ3) is 6.48. The minimum absolute atomic E-state index is 0.0629. The number of amides is 2. The van der Waals surface area contributed by atoms with Crippen LogP contribution < -0.4 is 10.6 Å². The van der Waals surface area contributed by atoms with E-state index in [1.807, 2.05) is 6.92 Å². The number of thiophene rings is 1. The first-order valence-electron chi connectivity index (χ1n) is 9.70. The fourth-order valence-electron chi connectivity index (χ4n) is 2.92. The molecule has 0 bridgehead atoms. The number of benzene rings is 2. The maximum Gasteiger partial charge on any atom is 0.418 e. The minimum Gasteiger partial charge on any atom is -0.325 e. The van der Waals surface area contributed by atoms with Gasteiger partial charge in [0.25, 0.3) is 5.91 Å². The first kappa shape index (κ1) is 24.1. The van der Waals surface area contributed by atoms with Crippen molar-refractivity contribution in [3.8, 4) is 0 Å². The number of hydrogen-bond donors (Lipinski definition) is 2. The Morgan fingerprint density at radius 1 is 0.909 bits per heavy atom. The molecule has 5 nitrogen and oxygen atoms in total. The Hall–Kier alpha value is -3.53. The zero-order valence-electron chi connectivity index (χ0n) is 17.3. The zero-order chi connectivity index (χ0) is 24.2. The third-order valence-electron chi connectivity index (χ3n) is 4.56. The van der Waals surface area contributed by atoms with Crippen LogP contribution in [0.25, 0.3) is 0 Å². The number of anilines is 2. The van der Waals surface area contributed by atoms with Crippen LogP contribution >= 0.6 is 11.3 Å². The minimum atomic E-state index is -4.82. The first-order valence-corrected chi connectivity index (χ1v) is 10.5. The molecule has 0 aliphatic carbocycles. The molecule has 0 aliphatic rings. The molecule has 2 N–H and O–H groups in total. The van der Waals surface area contributed by atoms with Crippen LogP contribution in [-0.2, 0) is 11.0 Å². The molecule has 0 spiro atoms. The van der Waals surface area contributed by atoms with Gasteiger partial charge in [0.1, 0.15) is 5.82 Å². The van der Waals surface area contributed by atoms with Crippen LogP contribution in [0.15, 0.2) is 54.6 Å². The molecule has 0 aliphatic heterocycles. The lowest BCUT2D eigenvalue weighted by Gasteiger charge is -2.16. The maximum atomic E-state index is 13.6. The lowest BCUT2D eigenvalue weighted by atomic mass is 10.1. The van der Waals surface area contributed by atoms with Gasteiger partial charge in [0, 0.05) is 29.0 Å². The second kappa shape index (κ2) is 9.95. The number of alkyl halides is 3. The molecule has 172 valence electrons. The molecule has 2 amide bonds. The largest absolute Gasteiger partial charge is 0.418 e. The average molecular weight is 478 g/mol. The summed E-state index contributed by atoms with van der Waals surface area (Å²) in [5.41, 5.74) is -1.74. The third-order valence-corrected chi connectivity index (χ3v) is 5.60. The molecule has 0 atom stereocenters. The summed E-state index contributed by atoms with van der Waals surface area (Å²) >= 11 is 1.28. The Bertz CT molecular complexity index is 1190. The summed E-state index contributed by atoms with van der Waals surface area (Å²) in [5, 5.41) is 4.50. The molecule has 1 heterocycles. The van der Waals surface area contributed by atoms with Gasteiger partial charge in [-0.1, -0.05) is 0 Å². The molecule has 3 aromatic rings. The maximum absolute atomic E-state index is 13.6. The van der Waals surface area contributed by atoms with E-state index in [4.69, 9.17) is 0 Å². The number of rotatable bonds is 7. The highest BCUT2D eigenvalue weighted by Gasteiger charge is 2.34. The van der Waals surface area contributed by atoms with Gasteiger partial charge in [0.2, 0.25) is 5.91 Å². The van der Waals surface area contributed by atoms with E-state index >= 15 is 0 Å². The summed E-state index contributed by atoms with van der Waals surface area (Å²) in [4.78, 5) is 37.9. The molecule has 2 aromatic carbocycles. The lowest BCUT2D eigenvalue weighted by Crippen LogP contribution is -2.18. The van der Waals surface area contributed by atoms with Crippen LogP contribution in [0.2, 0.25) is 0 Å². The molecule has 10 heteroatoms. The zero-order valence-corrected chi connectivity index (χ0v) is 18.1. The van der Waals surface area contributed by atoms with Crippen LogP contribution in [0.5, 0.6) is 0 Å². The summed E-state index contributed by atoms with van der Waals surface area (Å²) in [6.45, 7) is 1.83. The van der Waals surface area contributed by atoms with Crippen LogP contribution in [-0.4, -0.2) is 17.6 Å². The highest BCUT2D eigenvalue weighted by Crippen LogP contribution is 2.37. The van der Waals surface area contributed by atoms with Crippen molar-refractivity contribution in [3.05, 3.63) is 81.3 Å². The van der Waals surface area contributed by atoms with Crippen molar-refractivity contribution >= 4 is 40.3 Å². The van der Waals surface area contributed by atoms with Gasteiger partial charge in [-0.2, -0.15) is 13.2 Å². The number of nitrogens with one attached hydrogen (secondary N) is 2. The van der Waals surface area contributed by atoms with Gasteiger partial charge < -0.3 is 10.6 Å². The molecule has 0 radical (unpaired) electrons. The Kier molecular flexibility index (Phi) is 7.27. The van der Waals surface area contributed by atoms with Crippen molar-refractivity contribution in [3.63, 3.8) is 0 Å². The lowest BCUT2D eigenvalue weighted by molar-refractivity contribution is -0.136. The molecular formula is C23H18F4N2O3S. The first-order chi connectivity index (χ1) is 15.5. The number of halogens is 4. The Balaban J connectivity index is 1.69. The van der Waals surface area contributed by atoms with E-state index in [1.54, 1.807) is 12.1 Å². The smallest absolute Gasteiger partial charge is 0.325 e. The predicted molar refractivity (Wildman–Crippen MR) is 117 cm³/mol. The molecule has 0 saturated heterocycles. The van der Waals surface area contributed by atoms with E-state index in [2.05, 4.69) is 10.6 Å². The van der Waals surface area contributed by atoms with Crippen molar-refractivity contribution < 1.29 is 31.9 Å². The molecular weight excluding hydrogens is 460 g/mol. The quantitative estimate of drug-likeness (QED) is 0.320. The molecule has 0 unspecified atom stereocenters. The molecule has 0 fully saturated rings. The molecule has 33 heavy (non-hydrogen) atoms. The number of ketones is 1. The summed E-state index contributed by atoms with van der Waals surface area (Å²) in [5.74, 6) is -2.29. The molecule has 1 aromatic heterocycles. The molecule has 0 saturated carbocycles. The Morgan fingerprint density at radius 3 is 2.21 bits per heavy atom. The van der Waals surface area contributed by atoms with Gasteiger partial charge in [0.05, 0.1) is 16.1 Å². The highest BCUT2D eigenvalue weighted by atomic mass is 32.1. The molecule has 3 rings (SSSR count). The Labute approximate surface area is 190 Å². The Morgan fingerprint density at radius 2 is 1.61 bits per heavy atom. The van der Waals surface area contributed by atoms with Crippen LogP contribution in [0.1, 0.15) is 43.3 Å². The predicted octanol–water partition coefficient (Wildman–Crippen LogP) is 6.07. The SMILES string of the molecule is Cc1ccc(C(=O)CCC(=O)Nc2ccc(NC(=O)c3ccc(F)cc3)cc2C(F)(F)F)s1. The number of carbonyl (C=O) groups excluding carboxylic acids is 3. The second-order valence-corrected chi connectivity index (χ2v) is 8.39. The van der Waals surface area contributed by atoms with Gasteiger partial charge >= 0.3 is 6.18 Å². The number of hydrogen-bond acceptors (Lipinski definition) is 4. The van der Waals surface area contributed by atoms with Gasteiger partial charge in [-0.05, 0) is 61.5 Å². The van der Waals surface area contributed by atoms with E-state index in [1.165, 1.54) is 29.5 Å². The van der Waals surface area contributed by atoms with Crippen molar-refractivity contribution in [1.29, 1.82) is 0 Å². The summed E-state index contributed by atoms with van der Waals surface area (Å²) in [7, 11) is 0. The summed E-state index contributed by atoms with van der Waals surface area (Å²) < 4.78 is 53.7. The summed E-state index contributed by atoms with van der Waals surface area (Å²) in [6, 6.07) is 10.8. The van der Waals surface area contributed by atoms with Crippen molar-refractivity contribution in [2.45, 2.75) is 25.9 Å². The van der Waals surface area contributed by atoms with Crippen LogP contribution in [0.3, 0.4) is 0 Å². The van der Waals surface area contributed by atoms with Crippen molar-refractivity contribution in [1.82, 2.24) is 0 Å². The fraction of sp³-hybridized carbons (Fsp3) is 0.174. The highest BCUT2D eigenvalue weighted by molar-refractivity contribution is 7.14. The van der Waals surface area contributed by atoms with E-state index in [0.717, 1.165) is 23.1 Å². The number of aryl methyl sites for hydroxylation is 1. The summed E-state index contributed by atoms with van der Waals surface area (Å²) in [6.07, 6.45) is -5.24. The topological polar surface area (TPSA) is 75.3 Å². The standard InChI is InChI=1S/C23H18F4N2O3S/c1-13-2-10-20(33-13)19(30)9-11-21(31)29-18-8-7-16(12-17(18)23(25,26)27)28-22(32)14-3-5-15(24)6-4-14/h2-8,10,12H,9,11H2,1H3,(H,28,32)(H,29,31). The van der Waals surface area contributed by atoms with Crippen molar-refractivity contribution in [2.75, 3.05) is 10.6 Å². The monoisotopic (exact) mass is 478 g/mol. The second-order valence-electron chi connectivity index (χ2n) is 7.10. The van der Waals surface area contributed by atoms with E-state index in [9.17, 15) is 31.9 Å². The van der Waals surface area contributed by atoms with Crippen LogP contribution in [0, 0.1) is 12.7 Å². The van der Waals surface area contributed by atoms with Gasteiger partial charge in [0.15, 0.2) is 5.78 Å². The van der Waals surface area contributed by atoms with E-state index in [-0.39, 0.29) is 29.9 Å². The normalized spacial score (nSPS) is 11.2.